The van der Waals surface area contributed by atoms with Gasteiger partial charge in [-0.15, -0.1) is 0 Å². The number of carbonyl (C=O) groups is 2. The number of rotatable bonds is 7. The average molecular weight is 331 g/mol. The van der Waals surface area contributed by atoms with E-state index in [0.29, 0.717) is 18.9 Å². The summed E-state index contributed by atoms with van der Waals surface area (Å²) in [5.74, 6) is 0.246. The van der Waals surface area contributed by atoms with Gasteiger partial charge in [0.2, 0.25) is 11.8 Å². The number of benzene rings is 1. The molecular formula is C19H29N3O2. The predicted octanol–water partition coefficient (Wildman–Crippen LogP) is 2.28. The predicted molar refractivity (Wildman–Crippen MR) is 95.2 cm³/mol. The lowest BCUT2D eigenvalue weighted by Crippen LogP contribution is -2.46. The fourth-order valence-corrected chi connectivity index (χ4v) is 3.20. The Labute approximate surface area is 144 Å². The van der Waals surface area contributed by atoms with E-state index < -0.39 is 6.04 Å². The Hall–Kier alpha value is -1.88. The second-order valence-electron chi connectivity index (χ2n) is 6.76. The van der Waals surface area contributed by atoms with E-state index in [1.807, 2.05) is 30.3 Å². The lowest BCUT2D eigenvalue weighted by atomic mass is 9.87. The SMILES string of the molecule is CC(NC(=O)CC1CCCCC1)C(=O)NCC(N)c1ccccc1. The molecule has 0 radical (unpaired) electrons. The molecule has 2 amide bonds. The molecule has 5 nitrogen and oxygen atoms in total. The van der Waals surface area contributed by atoms with Gasteiger partial charge in [0.25, 0.3) is 0 Å². The molecule has 1 fully saturated rings. The second kappa shape index (κ2) is 9.42. The van der Waals surface area contributed by atoms with Gasteiger partial charge in [-0.1, -0.05) is 49.6 Å². The molecule has 2 unspecified atom stereocenters. The maximum Gasteiger partial charge on any atom is 0.242 e. The third-order valence-electron chi connectivity index (χ3n) is 4.69. The van der Waals surface area contributed by atoms with Crippen LogP contribution in [-0.2, 0) is 9.59 Å². The first kappa shape index (κ1) is 18.5. The van der Waals surface area contributed by atoms with Crippen molar-refractivity contribution in [1.82, 2.24) is 10.6 Å². The maximum atomic E-state index is 12.1. The van der Waals surface area contributed by atoms with E-state index in [1.54, 1.807) is 6.92 Å². The number of amides is 2. The first-order valence-corrected chi connectivity index (χ1v) is 8.94. The summed E-state index contributed by atoms with van der Waals surface area (Å²) in [7, 11) is 0. The highest BCUT2D eigenvalue weighted by Crippen LogP contribution is 2.26. The summed E-state index contributed by atoms with van der Waals surface area (Å²) in [5, 5.41) is 5.61. The highest BCUT2D eigenvalue weighted by molar-refractivity contribution is 5.87. The van der Waals surface area contributed by atoms with Gasteiger partial charge < -0.3 is 16.4 Å². The summed E-state index contributed by atoms with van der Waals surface area (Å²) in [6, 6.07) is 8.86. The van der Waals surface area contributed by atoms with Gasteiger partial charge in [0, 0.05) is 19.0 Å². The maximum absolute atomic E-state index is 12.1. The zero-order valence-electron chi connectivity index (χ0n) is 14.5. The molecule has 5 heteroatoms. The van der Waals surface area contributed by atoms with Crippen molar-refractivity contribution >= 4 is 11.8 Å². The summed E-state index contributed by atoms with van der Waals surface area (Å²) in [6.45, 7) is 2.06. The third kappa shape index (κ3) is 5.96. The Morgan fingerprint density at radius 3 is 2.50 bits per heavy atom. The Balaban J connectivity index is 1.70. The van der Waals surface area contributed by atoms with E-state index in [0.717, 1.165) is 18.4 Å². The number of nitrogens with two attached hydrogens (primary N) is 1. The minimum Gasteiger partial charge on any atom is -0.352 e. The molecule has 1 saturated carbocycles. The molecule has 0 aromatic heterocycles. The lowest BCUT2D eigenvalue weighted by molar-refractivity contribution is -0.129. The van der Waals surface area contributed by atoms with Crippen molar-refractivity contribution in [3.8, 4) is 0 Å². The van der Waals surface area contributed by atoms with Crippen molar-refractivity contribution in [2.45, 2.75) is 57.5 Å². The second-order valence-corrected chi connectivity index (χ2v) is 6.76. The quantitative estimate of drug-likeness (QED) is 0.716. The summed E-state index contributed by atoms with van der Waals surface area (Å²) in [6.07, 6.45) is 6.48. The zero-order chi connectivity index (χ0) is 17.4. The summed E-state index contributed by atoms with van der Waals surface area (Å²) >= 11 is 0. The van der Waals surface area contributed by atoms with E-state index >= 15 is 0 Å². The van der Waals surface area contributed by atoms with Crippen LogP contribution in [0.4, 0.5) is 0 Å². The molecular weight excluding hydrogens is 302 g/mol. The van der Waals surface area contributed by atoms with E-state index in [-0.39, 0.29) is 17.9 Å². The lowest BCUT2D eigenvalue weighted by Gasteiger charge is -2.22. The highest BCUT2D eigenvalue weighted by atomic mass is 16.2. The molecule has 1 aromatic carbocycles. The smallest absolute Gasteiger partial charge is 0.242 e. The van der Waals surface area contributed by atoms with Crippen molar-refractivity contribution in [1.29, 1.82) is 0 Å². The minimum atomic E-state index is -0.538. The van der Waals surface area contributed by atoms with Crippen LogP contribution in [0, 0.1) is 5.92 Å². The monoisotopic (exact) mass is 331 g/mol. The highest BCUT2D eigenvalue weighted by Gasteiger charge is 2.20. The van der Waals surface area contributed by atoms with Crippen LogP contribution in [0.25, 0.3) is 0 Å². The molecule has 0 saturated heterocycles. The van der Waals surface area contributed by atoms with Gasteiger partial charge in [-0.05, 0) is 31.2 Å². The van der Waals surface area contributed by atoms with Gasteiger partial charge >= 0.3 is 0 Å². The topological polar surface area (TPSA) is 84.2 Å². The minimum absolute atomic E-state index is 0.0306. The first-order chi connectivity index (χ1) is 11.6. The number of hydrogen-bond donors (Lipinski definition) is 3. The van der Waals surface area contributed by atoms with Crippen LogP contribution in [-0.4, -0.2) is 24.4 Å². The molecule has 0 heterocycles. The van der Waals surface area contributed by atoms with Crippen LogP contribution in [0.2, 0.25) is 0 Å². The van der Waals surface area contributed by atoms with Gasteiger partial charge in [-0.2, -0.15) is 0 Å². The third-order valence-corrected chi connectivity index (χ3v) is 4.69. The molecule has 1 aromatic rings. The Bertz CT molecular complexity index is 527. The number of nitrogens with one attached hydrogen (secondary N) is 2. The Morgan fingerprint density at radius 1 is 1.17 bits per heavy atom. The van der Waals surface area contributed by atoms with Crippen LogP contribution >= 0.6 is 0 Å². The Kier molecular flexibility index (Phi) is 7.25. The molecule has 0 aliphatic heterocycles. The fraction of sp³-hybridized carbons (Fsp3) is 0.579. The van der Waals surface area contributed by atoms with E-state index in [4.69, 9.17) is 5.73 Å². The molecule has 2 rings (SSSR count). The molecule has 1 aliphatic carbocycles. The van der Waals surface area contributed by atoms with Gasteiger partial charge in [0.15, 0.2) is 0 Å². The molecule has 2 atom stereocenters. The van der Waals surface area contributed by atoms with Crippen molar-refractivity contribution < 1.29 is 9.59 Å². The molecule has 0 spiro atoms. The van der Waals surface area contributed by atoms with Crippen LogP contribution in [0.5, 0.6) is 0 Å². The van der Waals surface area contributed by atoms with E-state index in [1.165, 1.54) is 19.3 Å². The van der Waals surface area contributed by atoms with Gasteiger partial charge in [-0.3, -0.25) is 9.59 Å². The molecule has 24 heavy (non-hydrogen) atoms. The molecule has 0 bridgehead atoms. The van der Waals surface area contributed by atoms with Crippen LogP contribution in [0.1, 0.15) is 57.1 Å². The number of hydrogen-bond acceptors (Lipinski definition) is 3. The molecule has 4 N–H and O–H groups in total. The fourth-order valence-electron chi connectivity index (χ4n) is 3.20. The largest absolute Gasteiger partial charge is 0.352 e. The van der Waals surface area contributed by atoms with Gasteiger partial charge in [0.1, 0.15) is 6.04 Å². The zero-order valence-corrected chi connectivity index (χ0v) is 14.5. The van der Waals surface area contributed by atoms with Crippen molar-refractivity contribution in [2.75, 3.05) is 6.54 Å². The Morgan fingerprint density at radius 2 is 1.83 bits per heavy atom. The molecule has 1 aliphatic rings. The van der Waals surface area contributed by atoms with Crippen molar-refractivity contribution in [3.05, 3.63) is 35.9 Å². The summed E-state index contributed by atoms with van der Waals surface area (Å²) in [5.41, 5.74) is 7.04. The van der Waals surface area contributed by atoms with Crippen LogP contribution < -0.4 is 16.4 Å². The van der Waals surface area contributed by atoms with Crippen LogP contribution in [0.15, 0.2) is 30.3 Å². The number of carbonyl (C=O) groups excluding carboxylic acids is 2. The normalized spacial score (nSPS) is 17.8. The van der Waals surface area contributed by atoms with E-state index in [9.17, 15) is 9.59 Å². The average Bonchev–Trinajstić information content (AvgIpc) is 2.60. The first-order valence-electron chi connectivity index (χ1n) is 8.94. The van der Waals surface area contributed by atoms with Crippen molar-refractivity contribution in [3.63, 3.8) is 0 Å². The van der Waals surface area contributed by atoms with Crippen molar-refractivity contribution in [2.24, 2.45) is 11.7 Å². The standard InChI is InChI=1S/C19H29N3O2/c1-14(22-18(23)12-15-8-4-2-5-9-15)19(24)21-13-17(20)16-10-6-3-7-11-16/h3,6-7,10-11,14-15,17H,2,4-5,8-9,12-13,20H2,1H3,(H,21,24)(H,22,23). The van der Waals surface area contributed by atoms with E-state index in [2.05, 4.69) is 10.6 Å². The van der Waals surface area contributed by atoms with Gasteiger partial charge in [0.05, 0.1) is 0 Å². The van der Waals surface area contributed by atoms with Gasteiger partial charge in [-0.25, -0.2) is 0 Å². The summed E-state index contributed by atoms with van der Waals surface area (Å²) < 4.78 is 0. The summed E-state index contributed by atoms with van der Waals surface area (Å²) in [4.78, 5) is 24.2. The van der Waals surface area contributed by atoms with Crippen LogP contribution in [0.3, 0.4) is 0 Å². The molecule has 132 valence electrons.